The predicted molar refractivity (Wildman–Crippen MR) is 93.8 cm³/mol. The summed E-state index contributed by atoms with van der Waals surface area (Å²) in [6.07, 6.45) is -16.6. The van der Waals surface area contributed by atoms with Crippen LogP contribution in [0.2, 0.25) is 0 Å². The van der Waals surface area contributed by atoms with Gasteiger partial charge in [-0.25, -0.2) is 10.3 Å². The van der Waals surface area contributed by atoms with Gasteiger partial charge >= 0.3 is 0 Å². The van der Waals surface area contributed by atoms with Crippen molar-refractivity contribution in [2.24, 2.45) is 0 Å². The molecule has 0 aromatic carbocycles. The van der Waals surface area contributed by atoms with Crippen LogP contribution in [-0.4, -0.2) is 127 Å². The molecule has 0 aromatic rings. The van der Waals surface area contributed by atoms with Crippen molar-refractivity contribution in [3.8, 4) is 0 Å². The highest BCUT2D eigenvalue weighted by molar-refractivity contribution is 5.78. The number of aliphatic hydroxyl groups is 7. The summed E-state index contributed by atoms with van der Waals surface area (Å²) >= 11 is 0. The molecule has 0 spiro atoms. The first-order valence-corrected chi connectivity index (χ1v) is 9.34. The van der Waals surface area contributed by atoms with Gasteiger partial charge in [0.2, 0.25) is 5.91 Å². The number of hydroxylamine groups is 1. The van der Waals surface area contributed by atoms with E-state index in [9.17, 15) is 45.3 Å². The lowest BCUT2D eigenvalue weighted by atomic mass is 9.97. The number of rotatable bonds is 6. The third-order valence-electron chi connectivity index (χ3n) is 4.71. The summed E-state index contributed by atoms with van der Waals surface area (Å²) in [7, 11) is 0. The second kappa shape index (κ2) is 10.9. The molecule has 2 aliphatic heterocycles. The lowest BCUT2D eigenvalue weighted by Gasteiger charge is -2.45. The van der Waals surface area contributed by atoms with Crippen molar-refractivity contribution in [3.63, 3.8) is 0 Å². The molecular weight excluding hydrogens is 428 g/mol. The molecule has 0 bridgehead atoms. The molecule has 0 saturated carbocycles. The minimum absolute atomic E-state index is 0.476. The highest BCUT2D eigenvalue weighted by Crippen LogP contribution is 2.28. The van der Waals surface area contributed by atoms with Gasteiger partial charge in [-0.1, -0.05) is 0 Å². The number of hydrazine groups is 1. The molecule has 180 valence electrons. The number of aliphatic hydroxyl groups excluding tert-OH is 7. The zero-order valence-corrected chi connectivity index (χ0v) is 16.7. The van der Waals surface area contributed by atoms with E-state index in [0.717, 1.165) is 13.8 Å². The first-order chi connectivity index (χ1) is 14.5. The summed E-state index contributed by atoms with van der Waals surface area (Å²) < 4.78 is 15.7. The van der Waals surface area contributed by atoms with Gasteiger partial charge in [0.25, 0.3) is 5.91 Å². The lowest BCUT2D eigenvalue weighted by molar-refractivity contribution is -0.359. The molecule has 2 fully saturated rings. The van der Waals surface area contributed by atoms with Gasteiger partial charge in [0.1, 0.15) is 55.4 Å². The summed E-state index contributed by atoms with van der Waals surface area (Å²) in [5, 5.41) is 69.8. The topological polar surface area (TPSA) is 228 Å². The van der Waals surface area contributed by atoms with E-state index in [1.54, 1.807) is 0 Å². The monoisotopic (exact) mass is 456 g/mol. The van der Waals surface area contributed by atoms with E-state index < -0.39 is 86.4 Å². The number of ether oxygens (including phenoxy) is 3. The Bertz CT molecular complexity index is 622. The van der Waals surface area contributed by atoms with Crippen molar-refractivity contribution in [2.45, 2.75) is 75.3 Å². The van der Waals surface area contributed by atoms with E-state index in [4.69, 9.17) is 19.0 Å². The maximum Gasteiger partial charge on any atom is 0.263 e. The van der Waals surface area contributed by atoms with Gasteiger partial charge in [-0.15, -0.1) is 5.17 Å². The molecule has 2 saturated heterocycles. The smallest absolute Gasteiger partial charge is 0.263 e. The van der Waals surface area contributed by atoms with E-state index in [-0.39, 0.29) is 0 Å². The molecule has 2 heterocycles. The molecule has 15 heteroatoms. The third kappa shape index (κ3) is 6.05. The Labute approximate surface area is 176 Å². The van der Waals surface area contributed by atoms with Crippen molar-refractivity contribution < 1.29 is 64.4 Å². The molecule has 31 heavy (non-hydrogen) atoms. The fraction of sp³-hybridized carbons (Fsp3) is 0.875. The van der Waals surface area contributed by atoms with E-state index in [1.807, 2.05) is 0 Å². The standard InChI is InChI=1S/C16H28N2O13/c1-5(20)17-18(6(2)21)28-4-8-9(22)10(23)13(26)16(30-8)31-14-7(3-19)29-15(27)12(25)11(14)24/h7-16,19,22-27H,3-4H2,1-2H3,(H,17,20)/t7-,8-,9+,10+,11-,12-,13-,14-,15+,16+/m1/s1. The Morgan fingerprint density at radius 2 is 1.55 bits per heavy atom. The molecule has 0 unspecified atom stereocenters. The van der Waals surface area contributed by atoms with Crippen LogP contribution >= 0.6 is 0 Å². The average Bonchev–Trinajstić information content (AvgIpc) is 2.71. The Kier molecular flexibility index (Phi) is 9.04. The summed E-state index contributed by atoms with van der Waals surface area (Å²) in [6, 6.07) is 0. The lowest BCUT2D eigenvalue weighted by Crippen LogP contribution is -2.64. The van der Waals surface area contributed by atoms with E-state index in [0.29, 0.717) is 5.17 Å². The zero-order chi connectivity index (χ0) is 23.5. The van der Waals surface area contributed by atoms with Crippen molar-refractivity contribution in [2.75, 3.05) is 13.2 Å². The second-order valence-electron chi connectivity index (χ2n) is 7.12. The number of carbonyl (C=O) groups is 2. The Hall–Kier alpha value is -1.50. The second-order valence-corrected chi connectivity index (χ2v) is 7.12. The molecule has 0 radical (unpaired) electrons. The first-order valence-electron chi connectivity index (χ1n) is 9.34. The van der Waals surface area contributed by atoms with Gasteiger partial charge < -0.3 is 50.0 Å². The van der Waals surface area contributed by atoms with Crippen LogP contribution in [0.4, 0.5) is 0 Å². The van der Waals surface area contributed by atoms with Crippen LogP contribution in [0.15, 0.2) is 0 Å². The van der Waals surface area contributed by atoms with Crippen LogP contribution in [0.25, 0.3) is 0 Å². The largest absolute Gasteiger partial charge is 0.394 e. The minimum Gasteiger partial charge on any atom is -0.394 e. The van der Waals surface area contributed by atoms with Crippen molar-refractivity contribution in [1.82, 2.24) is 10.6 Å². The van der Waals surface area contributed by atoms with Gasteiger partial charge in [0.05, 0.1) is 6.61 Å². The number of nitrogens with one attached hydrogen (secondary N) is 1. The van der Waals surface area contributed by atoms with Crippen molar-refractivity contribution in [1.29, 1.82) is 0 Å². The quantitative estimate of drug-likeness (QED) is 0.175. The van der Waals surface area contributed by atoms with Gasteiger partial charge in [-0.3, -0.25) is 9.59 Å². The average molecular weight is 456 g/mol. The van der Waals surface area contributed by atoms with E-state index in [2.05, 4.69) is 5.43 Å². The van der Waals surface area contributed by atoms with Crippen molar-refractivity contribution >= 4 is 11.8 Å². The molecule has 2 rings (SSSR count). The molecule has 2 aliphatic rings. The summed E-state index contributed by atoms with van der Waals surface area (Å²) in [6.45, 7) is 0.878. The van der Waals surface area contributed by atoms with Crippen LogP contribution in [0, 0.1) is 0 Å². The van der Waals surface area contributed by atoms with Crippen LogP contribution < -0.4 is 5.43 Å². The molecule has 0 aliphatic carbocycles. The van der Waals surface area contributed by atoms with Crippen LogP contribution in [0.1, 0.15) is 13.8 Å². The van der Waals surface area contributed by atoms with E-state index in [1.165, 1.54) is 0 Å². The first kappa shape index (κ1) is 25.8. The molecule has 0 aromatic heterocycles. The molecule has 8 N–H and O–H groups in total. The van der Waals surface area contributed by atoms with Crippen LogP contribution in [-0.2, 0) is 28.6 Å². The minimum atomic E-state index is -1.83. The number of carbonyl (C=O) groups excluding carboxylic acids is 2. The Morgan fingerprint density at radius 3 is 2.10 bits per heavy atom. The van der Waals surface area contributed by atoms with Crippen molar-refractivity contribution in [3.05, 3.63) is 0 Å². The number of nitrogens with zero attached hydrogens (tertiary/aromatic N) is 1. The van der Waals surface area contributed by atoms with Gasteiger partial charge in [-0.05, 0) is 0 Å². The van der Waals surface area contributed by atoms with Crippen LogP contribution in [0.3, 0.4) is 0 Å². The Balaban J connectivity index is 2.09. The highest BCUT2D eigenvalue weighted by Gasteiger charge is 2.50. The van der Waals surface area contributed by atoms with Gasteiger partial charge in [0, 0.05) is 13.8 Å². The third-order valence-corrected chi connectivity index (χ3v) is 4.71. The van der Waals surface area contributed by atoms with Gasteiger partial charge in [-0.2, -0.15) is 0 Å². The number of hydrogen-bond donors (Lipinski definition) is 8. The van der Waals surface area contributed by atoms with Crippen LogP contribution in [0.5, 0.6) is 0 Å². The zero-order valence-electron chi connectivity index (χ0n) is 16.7. The molecular formula is C16H28N2O13. The highest BCUT2D eigenvalue weighted by atomic mass is 16.8. The summed E-state index contributed by atoms with van der Waals surface area (Å²) in [4.78, 5) is 27.7. The molecule has 15 nitrogen and oxygen atoms in total. The van der Waals surface area contributed by atoms with Gasteiger partial charge in [0.15, 0.2) is 12.6 Å². The number of amides is 2. The maximum atomic E-state index is 11.5. The maximum absolute atomic E-state index is 11.5. The Morgan fingerprint density at radius 1 is 0.903 bits per heavy atom. The predicted octanol–water partition coefficient (Wildman–Crippen LogP) is -5.56. The molecule has 10 atom stereocenters. The molecule has 2 amide bonds. The summed E-state index contributed by atoms with van der Waals surface area (Å²) in [5.74, 6) is -1.34. The SMILES string of the molecule is CC(=O)NN(OC[C@H]1O[C@@H](O[C@H]2[C@H](O)[C@@H](O)[C@@H](O)O[C@@H]2CO)[C@H](O)[C@@H](O)[C@H]1O)C(C)=O. The summed E-state index contributed by atoms with van der Waals surface area (Å²) in [5.41, 5.74) is 2.07. The number of hydrogen-bond acceptors (Lipinski definition) is 13. The fourth-order valence-electron chi connectivity index (χ4n) is 3.05. The normalized spacial score (nSPS) is 40.9. The van der Waals surface area contributed by atoms with E-state index >= 15 is 0 Å². The fourth-order valence-corrected chi connectivity index (χ4v) is 3.05.